The molecule has 0 aliphatic carbocycles. The molecule has 31 heavy (non-hydrogen) atoms. The van der Waals surface area contributed by atoms with Crippen LogP contribution in [0.2, 0.25) is 0 Å². The lowest BCUT2D eigenvalue weighted by Gasteiger charge is -2.38. The van der Waals surface area contributed by atoms with E-state index in [4.69, 9.17) is 11.5 Å². The van der Waals surface area contributed by atoms with E-state index in [1.54, 1.807) is 13.8 Å². The molecular weight excluding hydrogens is 426 g/mol. The molecule has 0 saturated carbocycles. The van der Waals surface area contributed by atoms with Gasteiger partial charge >= 0.3 is 12.4 Å². The van der Waals surface area contributed by atoms with Crippen molar-refractivity contribution in [1.29, 1.82) is 0 Å². The first-order chi connectivity index (χ1) is 14.4. The number of alkyl halides is 6. The molecule has 0 unspecified atom stereocenters. The van der Waals surface area contributed by atoms with Gasteiger partial charge in [0, 0.05) is 13.1 Å². The molecule has 0 aliphatic heterocycles. The van der Waals surface area contributed by atoms with Crippen LogP contribution >= 0.6 is 0 Å². The van der Waals surface area contributed by atoms with Gasteiger partial charge in [-0.25, -0.2) is 10.9 Å². The molecule has 2 aromatic carbocycles. The molecule has 0 atom stereocenters. The SMILES string of the molecule is CCNNc1ccc(C(c2ccc(NNCC)c(N)c2)(C(F)(F)F)C(F)(F)F)cc1N. The van der Waals surface area contributed by atoms with Crippen molar-refractivity contribution >= 4 is 22.7 Å². The van der Waals surface area contributed by atoms with Gasteiger partial charge in [-0.1, -0.05) is 26.0 Å². The fourth-order valence-corrected chi connectivity index (χ4v) is 3.17. The number of benzene rings is 2. The van der Waals surface area contributed by atoms with E-state index in [-0.39, 0.29) is 22.7 Å². The lowest BCUT2D eigenvalue weighted by Crippen LogP contribution is -2.54. The number of anilines is 4. The summed E-state index contributed by atoms with van der Waals surface area (Å²) in [5, 5.41) is 0. The minimum Gasteiger partial charge on any atom is -0.397 e. The Labute approximate surface area is 175 Å². The van der Waals surface area contributed by atoms with Crippen LogP contribution in [-0.4, -0.2) is 25.4 Å². The predicted octanol–water partition coefficient (Wildman–Crippen LogP) is 4.13. The molecule has 8 N–H and O–H groups in total. The number of nitrogens with two attached hydrogens (primary N) is 2. The van der Waals surface area contributed by atoms with Crippen LogP contribution < -0.4 is 33.2 Å². The zero-order valence-corrected chi connectivity index (χ0v) is 16.8. The average Bonchev–Trinajstić information content (AvgIpc) is 2.65. The van der Waals surface area contributed by atoms with Crippen molar-refractivity contribution in [2.45, 2.75) is 31.6 Å². The number of hydrazine groups is 2. The van der Waals surface area contributed by atoms with Crippen LogP contribution in [0.4, 0.5) is 49.1 Å². The highest BCUT2D eigenvalue weighted by Crippen LogP contribution is 2.57. The summed E-state index contributed by atoms with van der Waals surface area (Å²) in [6.45, 7) is 4.38. The highest BCUT2D eigenvalue weighted by molar-refractivity contribution is 5.70. The van der Waals surface area contributed by atoms with Crippen LogP contribution in [0.1, 0.15) is 25.0 Å². The molecule has 0 aliphatic rings. The third-order valence-corrected chi connectivity index (χ3v) is 4.62. The number of nitrogens with one attached hydrogen (secondary N) is 4. The maximum absolute atomic E-state index is 14.3. The second-order valence-corrected chi connectivity index (χ2v) is 6.66. The second kappa shape index (κ2) is 9.10. The first-order valence-corrected chi connectivity index (χ1v) is 9.31. The number of hydrogen-bond donors (Lipinski definition) is 6. The number of halogens is 6. The zero-order chi connectivity index (χ0) is 23.4. The number of rotatable bonds is 8. The van der Waals surface area contributed by atoms with Crippen molar-refractivity contribution < 1.29 is 26.3 Å². The van der Waals surface area contributed by atoms with Gasteiger partial charge in [0.1, 0.15) is 0 Å². The van der Waals surface area contributed by atoms with Crippen LogP contribution in [0.25, 0.3) is 0 Å². The summed E-state index contributed by atoms with van der Waals surface area (Å²) < 4.78 is 85.5. The van der Waals surface area contributed by atoms with Gasteiger partial charge < -0.3 is 22.3 Å². The Balaban J connectivity index is 2.75. The molecular formula is C19H24F6N6. The first-order valence-electron chi connectivity index (χ1n) is 9.31. The lowest BCUT2D eigenvalue weighted by molar-refractivity contribution is -0.288. The molecule has 0 amide bonds. The molecule has 0 saturated heterocycles. The summed E-state index contributed by atoms with van der Waals surface area (Å²) in [7, 11) is 0. The Bertz CT molecular complexity index is 823. The van der Waals surface area contributed by atoms with Crippen LogP contribution in [0, 0.1) is 0 Å². The van der Waals surface area contributed by atoms with Gasteiger partial charge in [-0.3, -0.25) is 0 Å². The van der Waals surface area contributed by atoms with Crippen LogP contribution in [0.3, 0.4) is 0 Å². The maximum Gasteiger partial charge on any atom is 0.411 e. The molecule has 172 valence electrons. The van der Waals surface area contributed by atoms with Crippen molar-refractivity contribution in [1.82, 2.24) is 10.9 Å². The third kappa shape index (κ3) is 4.59. The van der Waals surface area contributed by atoms with E-state index >= 15 is 0 Å². The van der Waals surface area contributed by atoms with E-state index in [0.717, 1.165) is 24.3 Å². The van der Waals surface area contributed by atoms with Gasteiger partial charge in [-0.05, 0) is 35.4 Å². The van der Waals surface area contributed by atoms with Crippen LogP contribution in [-0.2, 0) is 5.41 Å². The molecule has 0 heterocycles. The Kier molecular flexibility index (Phi) is 7.17. The first kappa shape index (κ1) is 24.4. The van der Waals surface area contributed by atoms with Gasteiger partial charge in [0.2, 0.25) is 5.41 Å². The summed E-state index contributed by atoms with van der Waals surface area (Å²) in [6, 6.07) is 4.95. The Morgan fingerprint density at radius 3 is 1.29 bits per heavy atom. The van der Waals surface area contributed by atoms with Crippen LogP contribution in [0.15, 0.2) is 36.4 Å². The minimum atomic E-state index is -5.74. The van der Waals surface area contributed by atoms with E-state index < -0.39 is 28.9 Å². The highest BCUT2D eigenvalue weighted by Gasteiger charge is 2.72. The van der Waals surface area contributed by atoms with E-state index in [1.807, 2.05) is 0 Å². The van der Waals surface area contributed by atoms with Crippen molar-refractivity contribution in [3.63, 3.8) is 0 Å². The van der Waals surface area contributed by atoms with E-state index in [2.05, 4.69) is 21.7 Å². The summed E-state index contributed by atoms with van der Waals surface area (Å²) in [5.41, 5.74) is 15.4. The smallest absolute Gasteiger partial charge is 0.397 e. The van der Waals surface area contributed by atoms with Crippen molar-refractivity contribution in [3.8, 4) is 0 Å². The lowest BCUT2D eigenvalue weighted by atomic mass is 9.72. The predicted molar refractivity (Wildman–Crippen MR) is 109 cm³/mol. The topological polar surface area (TPSA) is 100 Å². The molecule has 0 aromatic heterocycles. The molecule has 12 heteroatoms. The Morgan fingerprint density at radius 1 is 0.677 bits per heavy atom. The van der Waals surface area contributed by atoms with Crippen molar-refractivity contribution in [2.75, 3.05) is 35.4 Å². The number of nitrogen functional groups attached to an aromatic ring is 2. The summed E-state index contributed by atoms with van der Waals surface area (Å²) in [5.74, 6) is 0. The third-order valence-electron chi connectivity index (χ3n) is 4.62. The van der Waals surface area contributed by atoms with E-state index in [0.29, 0.717) is 25.2 Å². The zero-order valence-electron chi connectivity index (χ0n) is 16.8. The Hall–Kier alpha value is -2.86. The van der Waals surface area contributed by atoms with Gasteiger partial charge in [-0.15, -0.1) is 0 Å². The summed E-state index contributed by atoms with van der Waals surface area (Å²) in [6.07, 6.45) is -11.5. The van der Waals surface area contributed by atoms with Gasteiger partial charge in [0.15, 0.2) is 0 Å². The fraction of sp³-hybridized carbons (Fsp3) is 0.368. The quantitative estimate of drug-likeness (QED) is 0.206. The van der Waals surface area contributed by atoms with Crippen molar-refractivity contribution in [2.24, 2.45) is 0 Å². The molecule has 0 fully saturated rings. The second-order valence-electron chi connectivity index (χ2n) is 6.66. The molecule has 6 nitrogen and oxygen atoms in total. The maximum atomic E-state index is 14.3. The Morgan fingerprint density at radius 2 is 1.03 bits per heavy atom. The monoisotopic (exact) mass is 450 g/mol. The van der Waals surface area contributed by atoms with Crippen LogP contribution in [0.5, 0.6) is 0 Å². The average molecular weight is 450 g/mol. The molecule has 0 bridgehead atoms. The molecule has 0 spiro atoms. The minimum absolute atomic E-state index is 0.147. The van der Waals surface area contributed by atoms with Gasteiger partial charge in [-0.2, -0.15) is 26.3 Å². The van der Waals surface area contributed by atoms with Crippen molar-refractivity contribution in [3.05, 3.63) is 47.5 Å². The molecule has 2 aromatic rings. The standard InChI is InChI=1S/C19H24F6N6/c1-3-28-30-15-7-5-11(9-13(15)26)17(18(20,21)22,19(23,24)25)12-6-8-16(14(27)10-12)31-29-4-2/h5-10,28-31H,3-4,26-27H2,1-2H3. The molecule has 2 rings (SSSR count). The fourth-order valence-electron chi connectivity index (χ4n) is 3.17. The molecule has 0 radical (unpaired) electrons. The summed E-state index contributed by atoms with van der Waals surface area (Å²) >= 11 is 0. The van der Waals surface area contributed by atoms with E-state index in [9.17, 15) is 26.3 Å². The largest absolute Gasteiger partial charge is 0.411 e. The number of hydrogen-bond acceptors (Lipinski definition) is 6. The van der Waals surface area contributed by atoms with Gasteiger partial charge in [0.05, 0.1) is 22.7 Å². The normalized spacial score (nSPS) is 12.6. The van der Waals surface area contributed by atoms with E-state index in [1.165, 1.54) is 0 Å². The highest BCUT2D eigenvalue weighted by atomic mass is 19.4. The summed E-state index contributed by atoms with van der Waals surface area (Å²) in [4.78, 5) is 0. The van der Waals surface area contributed by atoms with Gasteiger partial charge in [0.25, 0.3) is 0 Å².